The minimum atomic E-state index is -4.29. The van der Waals surface area contributed by atoms with E-state index in [1.54, 1.807) is 0 Å². The third-order valence-corrected chi connectivity index (χ3v) is 2.09. The number of hydrogen-bond acceptors (Lipinski definition) is 3. The maximum absolute atomic E-state index is 10.2. The zero-order valence-corrected chi connectivity index (χ0v) is 5.82. The van der Waals surface area contributed by atoms with Crippen molar-refractivity contribution in [2.75, 3.05) is 0 Å². The summed E-state index contributed by atoms with van der Waals surface area (Å²) in [5.74, 6) is -1.46. The minimum absolute atomic E-state index is 1.18. The molecule has 5 N–H and O–H groups in total. The predicted molar refractivity (Wildman–Crippen MR) is 31.7 cm³/mol. The third-order valence-electron chi connectivity index (χ3n) is 0.883. The summed E-state index contributed by atoms with van der Waals surface area (Å²) in [6.45, 7) is 1.23. The van der Waals surface area contributed by atoms with Crippen LogP contribution in [0.4, 0.5) is 0 Å². The van der Waals surface area contributed by atoms with Crippen molar-refractivity contribution in [3.63, 3.8) is 0 Å². The second-order valence-electron chi connectivity index (χ2n) is 1.82. The van der Waals surface area contributed by atoms with Crippen LogP contribution in [-0.4, -0.2) is 26.8 Å². The van der Waals surface area contributed by atoms with Crippen LogP contribution in [0.15, 0.2) is 0 Å². The lowest BCUT2D eigenvalue weighted by Gasteiger charge is -2.14. The van der Waals surface area contributed by atoms with Gasteiger partial charge in [-0.1, -0.05) is 0 Å². The van der Waals surface area contributed by atoms with Crippen LogP contribution in [0.2, 0.25) is 0 Å². The molecule has 0 aliphatic rings. The second kappa shape index (κ2) is 2.77. The molecule has 0 spiro atoms. The summed E-state index contributed by atoms with van der Waals surface area (Å²) in [7, 11) is -4.29. The SMILES string of the molecule is CC(O)C(N)P(=O)(O)O. The first kappa shape index (κ1) is 9.07. The molecule has 0 bridgehead atoms. The molecule has 0 aromatic rings. The Kier molecular flexibility index (Phi) is 2.79. The fourth-order valence-corrected chi connectivity index (χ4v) is 0.843. The Hall–Kier alpha value is 0.0700. The fraction of sp³-hybridized carbons (Fsp3) is 1.00. The standard InChI is InChI=1S/C3H10NO4P/c1-2(5)3(4)9(6,7)8/h2-3,5H,4H2,1H3,(H2,6,7,8). The number of rotatable bonds is 2. The Morgan fingerprint density at radius 3 is 1.89 bits per heavy atom. The van der Waals surface area contributed by atoms with Crippen molar-refractivity contribution < 1.29 is 19.5 Å². The van der Waals surface area contributed by atoms with Crippen molar-refractivity contribution in [3.8, 4) is 0 Å². The van der Waals surface area contributed by atoms with Gasteiger partial charge in [0.15, 0.2) is 0 Å². The minimum Gasteiger partial charge on any atom is -0.391 e. The molecule has 56 valence electrons. The normalized spacial score (nSPS) is 19.2. The smallest absolute Gasteiger partial charge is 0.344 e. The molecule has 0 aromatic carbocycles. The van der Waals surface area contributed by atoms with Crippen LogP contribution in [0, 0.1) is 0 Å². The molecule has 0 rings (SSSR count). The van der Waals surface area contributed by atoms with Crippen molar-refractivity contribution in [2.24, 2.45) is 5.73 Å². The second-order valence-corrected chi connectivity index (χ2v) is 3.59. The lowest BCUT2D eigenvalue weighted by Crippen LogP contribution is -2.31. The van der Waals surface area contributed by atoms with Crippen molar-refractivity contribution >= 4 is 7.60 Å². The third kappa shape index (κ3) is 2.93. The maximum Gasteiger partial charge on any atom is 0.344 e. The molecule has 0 fully saturated rings. The molecular weight excluding hydrogens is 145 g/mol. The van der Waals surface area contributed by atoms with Crippen molar-refractivity contribution in [2.45, 2.75) is 18.8 Å². The van der Waals surface area contributed by atoms with Crippen LogP contribution in [0.25, 0.3) is 0 Å². The lowest BCUT2D eigenvalue weighted by atomic mass is 10.4. The van der Waals surface area contributed by atoms with E-state index in [1.807, 2.05) is 0 Å². The fourth-order valence-electron chi connectivity index (χ4n) is 0.281. The van der Waals surface area contributed by atoms with Gasteiger partial charge < -0.3 is 20.6 Å². The Labute approximate surface area is 52.7 Å². The van der Waals surface area contributed by atoms with Gasteiger partial charge in [-0.15, -0.1) is 0 Å². The van der Waals surface area contributed by atoms with Gasteiger partial charge in [0.05, 0.1) is 6.10 Å². The van der Waals surface area contributed by atoms with E-state index in [4.69, 9.17) is 20.6 Å². The summed E-state index contributed by atoms with van der Waals surface area (Å²) in [5, 5.41) is 8.54. The van der Waals surface area contributed by atoms with Gasteiger partial charge in [0.2, 0.25) is 0 Å². The molecule has 0 radical (unpaired) electrons. The van der Waals surface area contributed by atoms with E-state index >= 15 is 0 Å². The molecule has 0 saturated carbocycles. The quantitative estimate of drug-likeness (QED) is 0.376. The van der Waals surface area contributed by atoms with Crippen molar-refractivity contribution in [1.29, 1.82) is 0 Å². The van der Waals surface area contributed by atoms with E-state index in [9.17, 15) is 4.57 Å². The molecule has 0 saturated heterocycles. The Bertz CT molecular complexity index is 130. The Morgan fingerprint density at radius 2 is 1.89 bits per heavy atom. The van der Waals surface area contributed by atoms with E-state index in [-0.39, 0.29) is 0 Å². The zero-order chi connectivity index (χ0) is 7.65. The van der Waals surface area contributed by atoms with Gasteiger partial charge in [-0.3, -0.25) is 4.57 Å². The van der Waals surface area contributed by atoms with E-state index in [0.29, 0.717) is 0 Å². The molecule has 0 aliphatic carbocycles. The highest BCUT2D eigenvalue weighted by Gasteiger charge is 2.28. The van der Waals surface area contributed by atoms with Crippen LogP contribution >= 0.6 is 7.60 Å². The molecular formula is C3H10NO4P. The van der Waals surface area contributed by atoms with Crippen LogP contribution in [-0.2, 0) is 4.57 Å². The van der Waals surface area contributed by atoms with E-state index in [0.717, 1.165) is 0 Å². The average molecular weight is 155 g/mol. The summed E-state index contributed by atoms with van der Waals surface area (Å²) >= 11 is 0. The molecule has 9 heavy (non-hydrogen) atoms. The summed E-state index contributed by atoms with van der Waals surface area (Å²) in [5.41, 5.74) is 4.88. The summed E-state index contributed by atoms with van der Waals surface area (Å²) in [6.07, 6.45) is -1.18. The molecule has 0 aromatic heterocycles. The first-order valence-corrected chi connectivity index (χ1v) is 4.02. The van der Waals surface area contributed by atoms with Crippen LogP contribution < -0.4 is 5.73 Å². The molecule has 0 aliphatic heterocycles. The highest BCUT2D eigenvalue weighted by Crippen LogP contribution is 2.39. The van der Waals surface area contributed by atoms with Gasteiger partial charge in [-0.05, 0) is 6.92 Å². The molecule has 5 nitrogen and oxygen atoms in total. The molecule has 0 heterocycles. The topological polar surface area (TPSA) is 104 Å². The van der Waals surface area contributed by atoms with Gasteiger partial charge in [0.25, 0.3) is 0 Å². The largest absolute Gasteiger partial charge is 0.391 e. The highest BCUT2D eigenvalue weighted by atomic mass is 31.2. The predicted octanol–water partition coefficient (Wildman–Crippen LogP) is -1.17. The maximum atomic E-state index is 10.2. The molecule has 2 unspecified atom stereocenters. The number of aliphatic hydroxyl groups is 1. The average Bonchev–Trinajstić information content (AvgIpc) is 1.62. The number of hydrogen-bond donors (Lipinski definition) is 4. The summed E-state index contributed by atoms with van der Waals surface area (Å²) in [6, 6.07) is 0. The first-order chi connectivity index (χ1) is 3.85. The summed E-state index contributed by atoms with van der Waals surface area (Å²) < 4.78 is 10.2. The van der Waals surface area contributed by atoms with Crippen LogP contribution in [0.5, 0.6) is 0 Å². The van der Waals surface area contributed by atoms with E-state index in [2.05, 4.69) is 0 Å². The monoisotopic (exact) mass is 155 g/mol. The number of aliphatic hydroxyl groups excluding tert-OH is 1. The summed E-state index contributed by atoms with van der Waals surface area (Å²) in [4.78, 5) is 16.6. The molecule has 6 heteroatoms. The van der Waals surface area contributed by atoms with Gasteiger partial charge in [0.1, 0.15) is 5.78 Å². The molecule has 2 atom stereocenters. The van der Waals surface area contributed by atoms with Gasteiger partial charge in [-0.2, -0.15) is 0 Å². The van der Waals surface area contributed by atoms with Gasteiger partial charge >= 0.3 is 7.60 Å². The molecule has 0 amide bonds. The zero-order valence-electron chi connectivity index (χ0n) is 4.93. The van der Waals surface area contributed by atoms with Crippen molar-refractivity contribution in [1.82, 2.24) is 0 Å². The number of nitrogens with two attached hydrogens (primary N) is 1. The van der Waals surface area contributed by atoms with E-state index < -0.39 is 19.5 Å². The first-order valence-electron chi connectivity index (χ1n) is 2.34. The van der Waals surface area contributed by atoms with E-state index in [1.165, 1.54) is 6.92 Å². The lowest BCUT2D eigenvalue weighted by molar-refractivity contribution is 0.176. The van der Waals surface area contributed by atoms with Gasteiger partial charge in [-0.25, -0.2) is 0 Å². The van der Waals surface area contributed by atoms with Gasteiger partial charge in [0, 0.05) is 0 Å². The van der Waals surface area contributed by atoms with Crippen molar-refractivity contribution in [3.05, 3.63) is 0 Å². The highest BCUT2D eigenvalue weighted by molar-refractivity contribution is 7.52. The van der Waals surface area contributed by atoms with Crippen LogP contribution in [0.3, 0.4) is 0 Å². The Balaban J connectivity index is 4.05. The Morgan fingerprint density at radius 1 is 1.56 bits per heavy atom. The van der Waals surface area contributed by atoms with Crippen LogP contribution in [0.1, 0.15) is 6.92 Å².